The van der Waals surface area contributed by atoms with Crippen molar-refractivity contribution >= 4 is 46.0 Å². The maximum Gasteiger partial charge on any atom is 0.251 e. The number of benzene rings is 1. The van der Waals surface area contributed by atoms with E-state index in [1.807, 2.05) is 6.92 Å². The molecule has 0 aliphatic heterocycles. The summed E-state index contributed by atoms with van der Waals surface area (Å²) in [6.07, 6.45) is 0. The van der Waals surface area contributed by atoms with Crippen LogP contribution in [0.4, 0.5) is 0 Å². The van der Waals surface area contributed by atoms with Gasteiger partial charge >= 0.3 is 0 Å². The van der Waals surface area contributed by atoms with Gasteiger partial charge in [-0.05, 0) is 54.6 Å². The quantitative estimate of drug-likeness (QED) is 0.787. The van der Waals surface area contributed by atoms with E-state index >= 15 is 0 Å². The Balaban J connectivity index is 2.70. The molecule has 0 aliphatic carbocycles. The second-order valence-corrected chi connectivity index (χ2v) is 5.29. The summed E-state index contributed by atoms with van der Waals surface area (Å²) in [7, 11) is 0. The molecule has 1 unspecified atom stereocenters. The zero-order valence-electron chi connectivity index (χ0n) is 10.1. The SMILES string of the molecule is CCNC(=O)C(C)NC(=O)c1ccc(I)c(Cl)c1. The fourth-order valence-electron chi connectivity index (χ4n) is 1.31. The van der Waals surface area contributed by atoms with Crippen molar-refractivity contribution in [3.63, 3.8) is 0 Å². The standard InChI is InChI=1S/C12H14ClIN2O2/c1-3-15-11(17)7(2)16-12(18)8-4-5-10(14)9(13)6-8/h4-7H,3H2,1-2H3,(H,15,17)(H,16,18). The molecule has 0 spiro atoms. The zero-order valence-corrected chi connectivity index (χ0v) is 13.0. The molecule has 0 saturated heterocycles. The molecule has 0 bridgehead atoms. The monoisotopic (exact) mass is 380 g/mol. The van der Waals surface area contributed by atoms with Crippen LogP contribution in [0.2, 0.25) is 5.02 Å². The minimum absolute atomic E-state index is 0.206. The highest BCUT2D eigenvalue weighted by molar-refractivity contribution is 14.1. The van der Waals surface area contributed by atoms with Crippen LogP contribution in [-0.4, -0.2) is 24.4 Å². The van der Waals surface area contributed by atoms with E-state index < -0.39 is 6.04 Å². The third kappa shape index (κ3) is 4.13. The van der Waals surface area contributed by atoms with Crippen molar-refractivity contribution in [1.29, 1.82) is 0 Å². The average Bonchev–Trinajstić information content (AvgIpc) is 2.32. The minimum atomic E-state index is -0.574. The van der Waals surface area contributed by atoms with Crippen molar-refractivity contribution in [2.45, 2.75) is 19.9 Å². The van der Waals surface area contributed by atoms with Gasteiger partial charge in [0, 0.05) is 15.7 Å². The number of rotatable bonds is 4. The normalized spacial score (nSPS) is 11.8. The topological polar surface area (TPSA) is 58.2 Å². The van der Waals surface area contributed by atoms with Gasteiger partial charge in [-0.15, -0.1) is 0 Å². The Labute approximate surface area is 125 Å². The number of hydrogen-bond acceptors (Lipinski definition) is 2. The molecule has 0 aliphatic rings. The number of carbonyl (C=O) groups is 2. The summed E-state index contributed by atoms with van der Waals surface area (Å²) in [4.78, 5) is 23.4. The van der Waals surface area contributed by atoms with Crippen LogP contribution in [0.1, 0.15) is 24.2 Å². The minimum Gasteiger partial charge on any atom is -0.355 e. The van der Waals surface area contributed by atoms with Crippen molar-refractivity contribution in [2.75, 3.05) is 6.54 Å². The summed E-state index contributed by atoms with van der Waals surface area (Å²) >= 11 is 8.02. The van der Waals surface area contributed by atoms with Gasteiger partial charge in [0.2, 0.25) is 5.91 Å². The fraction of sp³-hybridized carbons (Fsp3) is 0.333. The van der Waals surface area contributed by atoms with E-state index in [-0.39, 0.29) is 11.8 Å². The van der Waals surface area contributed by atoms with E-state index in [0.717, 1.165) is 3.57 Å². The molecule has 4 nitrogen and oxygen atoms in total. The molecule has 6 heteroatoms. The number of amides is 2. The molecule has 98 valence electrons. The number of hydrogen-bond donors (Lipinski definition) is 2. The van der Waals surface area contributed by atoms with Crippen molar-refractivity contribution in [3.05, 3.63) is 32.4 Å². The van der Waals surface area contributed by atoms with Crippen LogP contribution in [0.25, 0.3) is 0 Å². The van der Waals surface area contributed by atoms with Gasteiger partial charge in [-0.2, -0.15) is 0 Å². The lowest BCUT2D eigenvalue weighted by atomic mass is 10.2. The Kier molecular flexibility index (Phi) is 5.87. The van der Waals surface area contributed by atoms with E-state index in [2.05, 4.69) is 33.2 Å². The van der Waals surface area contributed by atoms with Gasteiger partial charge in [0.05, 0.1) is 5.02 Å². The van der Waals surface area contributed by atoms with Crippen LogP contribution < -0.4 is 10.6 Å². The first-order valence-electron chi connectivity index (χ1n) is 5.49. The average molecular weight is 381 g/mol. The van der Waals surface area contributed by atoms with E-state index in [1.165, 1.54) is 0 Å². The predicted molar refractivity (Wildman–Crippen MR) is 79.8 cm³/mol. The molecular weight excluding hydrogens is 367 g/mol. The Morgan fingerprint density at radius 2 is 2.11 bits per heavy atom. The molecule has 1 rings (SSSR count). The van der Waals surface area contributed by atoms with Gasteiger partial charge in [0.15, 0.2) is 0 Å². The summed E-state index contributed by atoms with van der Waals surface area (Å²) in [5, 5.41) is 5.78. The number of likely N-dealkylation sites (N-methyl/N-ethyl adjacent to an activating group) is 1. The summed E-state index contributed by atoms with van der Waals surface area (Å²) < 4.78 is 0.877. The molecule has 1 aromatic rings. The first-order valence-corrected chi connectivity index (χ1v) is 6.95. The van der Waals surface area contributed by atoms with Crippen LogP contribution in [0.3, 0.4) is 0 Å². The maximum absolute atomic E-state index is 11.9. The van der Waals surface area contributed by atoms with Crippen molar-refractivity contribution in [2.24, 2.45) is 0 Å². The third-order valence-electron chi connectivity index (χ3n) is 2.27. The van der Waals surface area contributed by atoms with Crippen molar-refractivity contribution in [3.8, 4) is 0 Å². The van der Waals surface area contributed by atoms with Crippen LogP contribution in [0.15, 0.2) is 18.2 Å². The molecule has 0 heterocycles. The largest absolute Gasteiger partial charge is 0.355 e. The van der Waals surface area contributed by atoms with Crippen LogP contribution in [0.5, 0.6) is 0 Å². The van der Waals surface area contributed by atoms with E-state index in [0.29, 0.717) is 17.1 Å². The highest BCUT2D eigenvalue weighted by Crippen LogP contribution is 2.19. The first kappa shape index (κ1) is 15.2. The Morgan fingerprint density at radius 3 is 2.67 bits per heavy atom. The third-order valence-corrected chi connectivity index (χ3v) is 3.85. The molecule has 2 amide bonds. The molecule has 2 N–H and O–H groups in total. The fourth-order valence-corrected chi connectivity index (χ4v) is 1.83. The summed E-state index contributed by atoms with van der Waals surface area (Å²) in [6, 6.07) is 4.45. The van der Waals surface area contributed by atoms with E-state index in [9.17, 15) is 9.59 Å². The maximum atomic E-state index is 11.9. The number of carbonyl (C=O) groups excluding carboxylic acids is 2. The van der Waals surface area contributed by atoms with Crippen molar-refractivity contribution < 1.29 is 9.59 Å². The molecule has 0 radical (unpaired) electrons. The summed E-state index contributed by atoms with van der Waals surface area (Å²) in [5.41, 5.74) is 0.441. The molecule has 0 aromatic heterocycles. The van der Waals surface area contributed by atoms with Gasteiger partial charge in [0.1, 0.15) is 6.04 Å². The predicted octanol–water partition coefficient (Wildman–Crippen LogP) is 2.20. The lowest BCUT2D eigenvalue weighted by Gasteiger charge is -2.13. The van der Waals surface area contributed by atoms with Gasteiger partial charge in [-0.25, -0.2) is 0 Å². The molecule has 1 aromatic carbocycles. The number of halogens is 2. The molecule has 18 heavy (non-hydrogen) atoms. The van der Waals surface area contributed by atoms with Crippen LogP contribution in [0, 0.1) is 3.57 Å². The van der Waals surface area contributed by atoms with Gasteiger partial charge in [-0.1, -0.05) is 11.6 Å². The van der Waals surface area contributed by atoms with E-state index in [1.54, 1.807) is 25.1 Å². The highest BCUT2D eigenvalue weighted by atomic mass is 127. The lowest BCUT2D eigenvalue weighted by molar-refractivity contribution is -0.122. The molecule has 1 atom stereocenters. The Hall–Kier alpha value is -0.820. The van der Waals surface area contributed by atoms with Gasteiger partial charge < -0.3 is 10.6 Å². The number of nitrogens with one attached hydrogen (secondary N) is 2. The van der Waals surface area contributed by atoms with Crippen LogP contribution in [-0.2, 0) is 4.79 Å². The smallest absolute Gasteiger partial charge is 0.251 e. The second kappa shape index (κ2) is 6.94. The summed E-state index contributed by atoms with van der Waals surface area (Å²) in [6.45, 7) is 4.00. The zero-order chi connectivity index (χ0) is 13.7. The second-order valence-electron chi connectivity index (χ2n) is 3.72. The Morgan fingerprint density at radius 1 is 1.44 bits per heavy atom. The van der Waals surface area contributed by atoms with Crippen LogP contribution >= 0.6 is 34.2 Å². The lowest BCUT2D eigenvalue weighted by Crippen LogP contribution is -2.44. The van der Waals surface area contributed by atoms with Gasteiger partial charge in [-0.3, -0.25) is 9.59 Å². The molecule has 0 fully saturated rings. The molecule has 0 saturated carbocycles. The molecular formula is C12H14ClIN2O2. The first-order chi connectivity index (χ1) is 8.45. The van der Waals surface area contributed by atoms with Gasteiger partial charge in [0.25, 0.3) is 5.91 Å². The summed E-state index contributed by atoms with van der Waals surface area (Å²) in [5.74, 6) is -0.519. The Bertz CT molecular complexity index is 465. The highest BCUT2D eigenvalue weighted by Gasteiger charge is 2.16. The van der Waals surface area contributed by atoms with E-state index in [4.69, 9.17) is 11.6 Å². The van der Waals surface area contributed by atoms with Crippen molar-refractivity contribution in [1.82, 2.24) is 10.6 Å².